The van der Waals surface area contributed by atoms with Crippen molar-refractivity contribution in [1.82, 2.24) is 19.9 Å². The predicted octanol–water partition coefficient (Wildman–Crippen LogP) is 0.226. The fourth-order valence-electron chi connectivity index (χ4n) is 1.87. The second-order valence-electron chi connectivity index (χ2n) is 4.40. The lowest BCUT2D eigenvalue weighted by atomic mass is 10.2. The van der Waals surface area contributed by atoms with Crippen molar-refractivity contribution in [3.8, 4) is 0 Å². The molecule has 7 heteroatoms. The average molecular weight is 257 g/mol. The first kappa shape index (κ1) is 11.4. The predicted molar refractivity (Wildman–Crippen MR) is 72.6 cm³/mol. The number of aromatic amines is 2. The van der Waals surface area contributed by atoms with Crippen LogP contribution in [0.4, 0.5) is 5.69 Å². The summed E-state index contributed by atoms with van der Waals surface area (Å²) in [7, 11) is 3.84. The molecule has 0 amide bonds. The highest BCUT2D eigenvalue weighted by Crippen LogP contribution is 2.18. The molecule has 19 heavy (non-hydrogen) atoms. The van der Waals surface area contributed by atoms with E-state index in [0.29, 0.717) is 11.0 Å². The van der Waals surface area contributed by atoms with E-state index in [4.69, 9.17) is 0 Å². The molecule has 0 saturated carbocycles. The number of benzene rings is 1. The molecule has 1 aromatic carbocycles. The lowest BCUT2D eigenvalue weighted by molar-refractivity contribution is 1.05. The maximum absolute atomic E-state index is 11.6. The second kappa shape index (κ2) is 3.91. The van der Waals surface area contributed by atoms with Gasteiger partial charge in [-0.25, -0.2) is 14.8 Å². The van der Waals surface area contributed by atoms with Crippen LogP contribution in [0.15, 0.2) is 27.8 Å². The zero-order chi connectivity index (χ0) is 13.6. The van der Waals surface area contributed by atoms with Gasteiger partial charge in [-0.1, -0.05) is 0 Å². The minimum Gasteiger partial charge on any atom is -0.378 e. The molecule has 3 aromatic rings. The third kappa shape index (κ3) is 1.85. The highest BCUT2D eigenvalue weighted by molar-refractivity contribution is 5.85. The van der Waals surface area contributed by atoms with Crippen LogP contribution in [0.25, 0.3) is 22.2 Å². The van der Waals surface area contributed by atoms with E-state index in [0.717, 1.165) is 5.69 Å². The largest absolute Gasteiger partial charge is 0.378 e. The minimum absolute atomic E-state index is 0.129. The molecule has 7 nitrogen and oxygen atoms in total. The molecule has 2 aromatic heterocycles. The normalized spacial score (nSPS) is 11.1. The molecule has 0 aliphatic heterocycles. The Bertz CT molecular complexity index is 894. The van der Waals surface area contributed by atoms with Gasteiger partial charge in [0.2, 0.25) is 0 Å². The standard InChI is InChI=1S/C12H11N5O2/c1-17(2)6-3-4-7-8(5-6)14-10-9(13-7)11(18)16-12(19)15-10/h3-5H,1-2H3,(H2,14,15,16,18,19). The Morgan fingerprint density at radius 1 is 1.05 bits per heavy atom. The lowest BCUT2D eigenvalue weighted by Crippen LogP contribution is -2.23. The molecule has 2 heterocycles. The summed E-state index contributed by atoms with van der Waals surface area (Å²) in [4.78, 5) is 37.9. The number of hydrogen-bond donors (Lipinski definition) is 2. The van der Waals surface area contributed by atoms with Crippen LogP contribution in [0, 0.1) is 0 Å². The third-order valence-corrected chi connectivity index (χ3v) is 2.84. The van der Waals surface area contributed by atoms with Crippen LogP contribution in [-0.4, -0.2) is 34.0 Å². The maximum atomic E-state index is 11.6. The van der Waals surface area contributed by atoms with Crippen LogP contribution in [0.1, 0.15) is 0 Å². The van der Waals surface area contributed by atoms with Crippen molar-refractivity contribution in [2.75, 3.05) is 19.0 Å². The number of nitrogens with zero attached hydrogens (tertiary/aromatic N) is 3. The molecule has 0 fully saturated rings. The van der Waals surface area contributed by atoms with Gasteiger partial charge in [-0.05, 0) is 18.2 Å². The minimum atomic E-state index is -0.588. The van der Waals surface area contributed by atoms with Gasteiger partial charge >= 0.3 is 5.69 Å². The second-order valence-corrected chi connectivity index (χ2v) is 4.40. The fraction of sp³-hybridized carbons (Fsp3) is 0.167. The SMILES string of the molecule is CN(C)c1ccc2nc3c(=O)[nH]c(=O)[nH]c3nc2c1. The number of H-pyrrole nitrogens is 2. The van der Waals surface area contributed by atoms with Gasteiger partial charge in [0, 0.05) is 19.8 Å². The first-order chi connectivity index (χ1) is 9.04. The topological polar surface area (TPSA) is 94.7 Å². The van der Waals surface area contributed by atoms with Crippen molar-refractivity contribution in [2.45, 2.75) is 0 Å². The Balaban J connectivity index is 2.42. The molecular weight excluding hydrogens is 246 g/mol. The highest BCUT2D eigenvalue weighted by atomic mass is 16.2. The van der Waals surface area contributed by atoms with Crippen molar-refractivity contribution >= 4 is 27.9 Å². The summed E-state index contributed by atoms with van der Waals surface area (Å²) in [5, 5.41) is 0. The number of nitrogens with one attached hydrogen (secondary N) is 2. The molecular formula is C12H11N5O2. The van der Waals surface area contributed by atoms with E-state index in [1.54, 1.807) is 6.07 Å². The summed E-state index contributed by atoms with van der Waals surface area (Å²) in [6.45, 7) is 0. The molecule has 0 unspecified atom stereocenters. The smallest absolute Gasteiger partial charge is 0.327 e. The number of anilines is 1. The van der Waals surface area contributed by atoms with E-state index in [-0.39, 0.29) is 11.2 Å². The first-order valence-corrected chi connectivity index (χ1v) is 5.66. The molecule has 0 bridgehead atoms. The van der Waals surface area contributed by atoms with Gasteiger partial charge in [-0.3, -0.25) is 14.8 Å². The Hall–Kier alpha value is -2.70. The molecule has 0 atom stereocenters. The van der Waals surface area contributed by atoms with Gasteiger partial charge in [0.1, 0.15) is 0 Å². The van der Waals surface area contributed by atoms with E-state index in [2.05, 4.69) is 19.9 Å². The summed E-state index contributed by atoms with van der Waals surface area (Å²) in [5.74, 6) is 0. The molecule has 3 rings (SSSR count). The third-order valence-electron chi connectivity index (χ3n) is 2.84. The van der Waals surface area contributed by atoms with Gasteiger partial charge in [0.25, 0.3) is 5.56 Å². The summed E-state index contributed by atoms with van der Waals surface area (Å²) < 4.78 is 0. The van der Waals surface area contributed by atoms with Crippen molar-refractivity contribution in [1.29, 1.82) is 0 Å². The molecule has 0 aliphatic carbocycles. The average Bonchev–Trinajstić information content (AvgIpc) is 2.35. The summed E-state index contributed by atoms with van der Waals surface area (Å²) in [6.07, 6.45) is 0. The van der Waals surface area contributed by atoms with Crippen LogP contribution in [-0.2, 0) is 0 Å². The molecule has 96 valence electrons. The van der Waals surface area contributed by atoms with E-state index >= 15 is 0 Å². The van der Waals surface area contributed by atoms with Crippen molar-refractivity contribution in [3.05, 3.63) is 39.0 Å². The Labute approximate surface area is 106 Å². The monoisotopic (exact) mass is 257 g/mol. The van der Waals surface area contributed by atoms with Gasteiger partial charge < -0.3 is 4.90 Å². The van der Waals surface area contributed by atoms with E-state index in [1.807, 2.05) is 31.1 Å². The molecule has 2 N–H and O–H groups in total. The van der Waals surface area contributed by atoms with Gasteiger partial charge in [0.15, 0.2) is 11.2 Å². The molecule has 0 saturated heterocycles. The highest BCUT2D eigenvalue weighted by Gasteiger charge is 2.07. The number of fused-ring (bicyclic) bond motifs is 2. The van der Waals surface area contributed by atoms with Gasteiger partial charge in [-0.2, -0.15) is 0 Å². The lowest BCUT2D eigenvalue weighted by Gasteiger charge is -2.12. The Morgan fingerprint density at radius 3 is 2.58 bits per heavy atom. The Morgan fingerprint density at radius 2 is 1.84 bits per heavy atom. The number of rotatable bonds is 1. The summed E-state index contributed by atoms with van der Waals surface area (Å²) in [5.41, 5.74) is 1.39. The molecule has 0 aliphatic rings. The fourth-order valence-corrected chi connectivity index (χ4v) is 1.87. The van der Waals surface area contributed by atoms with Crippen molar-refractivity contribution in [3.63, 3.8) is 0 Å². The van der Waals surface area contributed by atoms with Crippen LogP contribution >= 0.6 is 0 Å². The zero-order valence-corrected chi connectivity index (χ0v) is 10.4. The zero-order valence-electron chi connectivity index (χ0n) is 10.4. The summed E-state index contributed by atoms with van der Waals surface area (Å²) in [6, 6.07) is 5.53. The maximum Gasteiger partial charge on any atom is 0.327 e. The van der Waals surface area contributed by atoms with Crippen LogP contribution in [0.2, 0.25) is 0 Å². The van der Waals surface area contributed by atoms with Gasteiger partial charge in [-0.15, -0.1) is 0 Å². The molecule has 0 radical (unpaired) electrons. The van der Waals surface area contributed by atoms with E-state index < -0.39 is 11.2 Å². The van der Waals surface area contributed by atoms with Crippen LogP contribution < -0.4 is 16.1 Å². The van der Waals surface area contributed by atoms with Crippen molar-refractivity contribution < 1.29 is 0 Å². The number of aromatic nitrogens is 4. The van der Waals surface area contributed by atoms with Gasteiger partial charge in [0.05, 0.1) is 11.0 Å². The van der Waals surface area contributed by atoms with Crippen molar-refractivity contribution in [2.24, 2.45) is 0 Å². The van der Waals surface area contributed by atoms with E-state index in [1.165, 1.54) is 0 Å². The number of hydrogen-bond acceptors (Lipinski definition) is 5. The van der Waals surface area contributed by atoms with Crippen LogP contribution in [0.3, 0.4) is 0 Å². The quantitative estimate of drug-likeness (QED) is 0.608. The Kier molecular flexibility index (Phi) is 2.34. The molecule has 0 spiro atoms. The first-order valence-electron chi connectivity index (χ1n) is 5.66. The van der Waals surface area contributed by atoms with E-state index in [9.17, 15) is 9.59 Å². The van der Waals surface area contributed by atoms with Crippen LogP contribution in [0.5, 0.6) is 0 Å². The summed E-state index contributed by atoms with van der Waals surface area (Å²) >= 11 is 0.